The fraction of sp³-hybridized carbons (Fsp3) is 0.857. The SMILES string of the molecule is CC1(C(=O)N2CCC3(CC2)CNC(=O)C3)CCCO1. The van der Waals surface area contributed by atoms with Gasteiger partial charge in [0.25, 0.3) is 5.91 Å². The summed E-state index contributed by atoms with van der Waals surface area (Å²) in [5, 5.41) is 2.92. The van der Waals surface area contributed by atoms with E-state index in [0.29, 0.717) is 13.0 Å². The first kappa shape index (κ1) is 12.9. The number of piperidine rings is 1. The minimum atomic E-state index is -0.603. The second kappa shape index (κ2) is 4.47. The van der Waals surface area contributed by atoms with Crippen molar-refractivity contribution in [3.05, 3.63) is 0 Å². The fourth-order valence-electron chi connectivity index (χ4n) is 3.57. The van der Waals surface area contributed by atoms with Crippen molar-refractivity contribution in [1.82, 2.24) is 10.2 Å². The maximum Gasteiger partial charge on any atom is 0.254 e. The van der Waals surface area contributed by atoms with E-state index in [9.17, 15) is 9.59 Å². The minimum Gasteiger partial charge on any atom is -0.365 e. The molecule has 3 aliphatic heterocycles. The quantitative estimate of drug-likeness (QED) is 0.759. The summed E-state index contributed by atoms with van der Waals surface area (Å²) in [6.45, 7) is 4.90. The maximum absolute atomic E-state index is 12.5. The standard InChI is InChI=1S/C14H22N2O3/c1-13(3-2-8-19-13)12(18)16-6-4-14(5-7-16)9-11(17)15-10-14/h2-10H2,1H3,(H,15,17). The van der Waals surface area contributed by atoms with E-state index < -0.39 is 5.60 Å². The Kier molecular flexibility index (Phi) is 3.04. The lowest BCUT2D eigenvalue weighted by molar-refractivity contribution is -0.153. The van der Waals surface area contributed by atoms with E-state index in [1.54, 1.807) is 0 Å². The number of carbonyl (C=O) groups is 2. The summed E-state index contributed by atoms with van der Waals surface area (Å²) in [6, 6.07) is 0. The van der Waals surface area contributed by atoms with Gasteiger partial charge in [-0.05, 0) is 38.0 Å². The van der Waals surface area contributed by atoms with Crippen molar-refractivity contribution < 1.29 is 14.3 Å². The first-order valence-corrected chi connectivity index (χ1v) is 7.23. The Balaban J connectivity index is 1.61. The average molecular weight is 266 g/mol. The fourth-order valence-corrected chi connectivity index (χ4v) is 3.57. The zero-order valence-electron chi connectivity index (χ0n) is 11.5. The predicted molar refractivity (Wildman–Crippen MR) is 69.5 cm³/mol. The van der Waals surface area contributed by atoms with Crippen LogP contribution in [-0.2, 0) is 14.3 Å². The van der Waals surface area contributed by atoms with Gasteiger partial charge in [0, 0.05) is 32.7 Å². The average Bonchev–Trinajstić information content (AvgIpc) is 2.98. The summed E-state index contributed by atoms with van der Waals surface area (Å²) >= 11 is 0. The van der Waals surface area contributed by atoms with Crippen LogP contribution in [0.15, 0.2) is 0 Å². The van der Waals surface area contributed by atoms with Gasteiger partial charge in [-0.3, -0.25) is 9.59 Å². The molecule has 3 heterocycles. The molecule has 1 unspecified atom stereocenters. The molecule has 5 nitrogen and oxygen atoms in total. The summed E-state index contributed by atoms with van der Waals surface area (Å²) in [5.74, 6) is 0.294. The Labute approximate surface area is 113 Å². The Hall–Kier alpha value is -1.10. The Morgan fingerprint density at radius 2 is 2.05 bits per heavy atom. The summed E-state index contributed by atoms with van der Waals surface area (Å²) in [6.07, 6.45) is 4.27. The normalized spacial score (nSPS) is 33.7. The number of hydrogen-bond donors (Lipinski definition) is 1. The number of nitrogens with zero attached hydrogens (tertiary/aromatic N) is 1. The highest BCUT2D eigenvalue weighted by molar-refractivity contribution is 5.85. The van der Waals surface area contributed by atoms with Gasteiger partial charge >= 0.3 is 0 Å². The highest BCUT2D eigenvalue weighted by Crippen LogP contribution is 2.38. The van der Waals surface area contributed by atoms with Crippen LogP contribution < -0.4 is 5.32 Å². The van der Waals surface area contributed by atoms with Crippen LogP contribution in [0.3, 0.4) is 0 Å². The molecular formula is C14H22N2O3. The molecule has 2 amide bonds. The molecule has 1 atom stereocenters. The molecular weight excluding hydrogens is 244 g/mol. The molecule has 3 saturated heterocycles. The topological polar surface area (TPSA) is 58.6 Å². The number of carbonyl (C=O) groups excluding carboxylic acids is 2. The molecule has 0 aromatic rings. The number of hydrogen-bond acceptors (Lipinski definition) is 3. The summed E-state index contributed by atoms with van der Waals surface area (Å²) < 4.78 is 5.63. The molecule has 0 saturated carbocycles. The maximum atomic E-state index is 12.5. The van der Waals surface area contributed by atoms with Crippen LogP contribution >= 0.6 is 0 Å². The third-order valence-electron chi connectivity index (χ3n) is 4.98. The highest BCUT2D eigenvalue weighted by Gasteiger charge is 2.45. The van der Waals surface area contributed by atoms with Crippen LogP contribution in [0.25, 0.3) is 0 Å². The molecule has 0 aliphatic carbocycles. The zero-order chi connectivity index (χ0) is 13.5. The van der Waals surface area contributed by atoms with Gasteiger partial charge in [0.05, 0.1) is 0 Å². The number of likely N-dealkylation sites (tertiary alicyclic amines) is 1. The van der Waals surface area contributed by atoms with E-state index >= 15 is 0 Å². The van der Waals surface area contributed by atoms with E-state index in [-0.39, 0.29) is 17.2 Å². The lowest BCUT2D eigenvalue weighted by atomic mass is 9.77. The van der Waals surface area contributed by atoms with E-state index in [0.717, 1.165) is 45.3 Å². The second-order valence-electron chi connectivity index (χ2n) is 6.43. The van der Waals surface area contributed by atoms with Gasteiger partial charge in [-0.15, -0.1) is 0 Å². The first-order valence-electron chi connectivity index (χ1n) is 7.23. The third kappa shape index (κ3) is 2.24. The molecule has 3 rings (SSSR count). The van der Waals surface area contributed by atoms with Crippen molar-refractivity contribution in [2.45, 2.75) is 44.6 Å². The lowest BCUT2D eigenvalue weighted by Gasteiger charge is -2.40. The van der Waals surface area contributed by atoms with Crippen LogP contribution in [-0.4, -0.2) is 48.6 Å². The van der Waals surface area contributed by atoms with Crippen molar-refractivity contribution in [3.8, 4) is 0 Å². The lowest BCUT2D eigenvalue weighted by Crippen LogP contribution is -2.51. The van der Waals surface area contributed by atoms with Gasteiger partial charge < -0.3 is 15.0 Å². The predicted octanol–water partition coefficient (Wildman–Crippen LogP) is 0.684. The van der Waals surface area contributed by atoms with Crippen LogP contribution in [0.5, 0.6) is 0 Å². The summed E-state index contributed by atoms with van der Waals surface area (Å²) in [7, 11) is 0. The molecule has 0 bridgehead atoms. The van der Waals surface area contributed by atoms with Gasteiger partial charge in [-0.25, -0.2) is 0 Å². The van der Waals surface area contributed by atoms with E-state index in [1.165, 1.54) is 0 Å². The van der Waals surface area contributed by atoms with Crippen LogP contribution in [0.4, 0.5) is 0 Å². The Morgan fingerprint density at radius 3 is 2.58 bits per heavy atom. The van der Waals surface area contributed by atoms with Gasteiger partial charge in [0.1, 0.15) is 5.60 Å². The van der Waals surface area contributed by atoms with Gasteiger partial charge in [0.15, 0.2) is 0 Å². The molecule has 1 N–H and O–H groups in total. The number of nitrogens with one attached hydrogen (secondary N) is 1. The molecule has 106 valence electrons. The van der Waals surface area contributed by atoms with Crippen molar-refractivity contribution >= 4 is 11.8 Å². The smallest absolute Gasteiger partial charge is 0.254 e. The van der Waals surface area contributed by atoms with Crippen molar-refractivity contribution in [1.29, 1.82) is 0 Å². The monoisotopic (exact) mass is 266 g/mol. The largest absolute Gasteiger partial charge is 0.365 e. The van der Waals surface area contributed by atoms with Crippen LogP contribution in [0.1, 0.15) is 39.0 Å². The first-order chi connectivity index (χ1) is 9.03. The molecule has 1 spiro atoms. The number of rotatable bonds is 1. The van der Waals surface area contributed by atoms with Crippen molar-refractivity contribution in [2.24, 2.45) is 5.41 Å². The molecule has 3 fully saturated rings. The van der Waals surface area contributed by atoms with Crippen molar-refractivity contribution in [3.63, 3.8) is 0 Å². The molecule has 19 heavy (non-hydrogen) atoms. The summed E-state index contributed by atoms with van der Waals surface area (Å²) in [5.41, 5.74) is -0.500. The summed E-state index contributed by atoms with van der Waals surface area (Å²) in [4.78, 5) is 25.8. The van der Waals surface area contributed by atoms with Gasteiger partial charge in [-0.1, -0.05) is 0 Å². The Bertz CT molecular complexity index is 393. The highest BCUT2D eigenvalue weighted by atomic mass is 16.5. The number of ether oxygens (including phenoxy) is 1. The zero-order valence-corrected chi connectivity index (χ0v) is 11.5. The Morgan fingerprint density at radius 1 is 1.32 bits per heavy atom. The molecule has 0 radical (unpaired) electrons. The molecule has 0 aromatic heterocycles. The molecule has 0 aromatic carbocycles. The second-order valence-corrected chi connectivity index (χ2v) is 6.43. The third-order valence-corrected chi connectivity index (χ3v) is 4.98. The van der Waals surface area contributed by atoms with E-state index in [1.807, 2.05) is 11.8 Å². The minimum absolute atomic E-state index is 0.102. The number of amides is 2. The van der Waals surface area contributed by atoms with Crippen molar-refractivity contribution in [2.75, 3.05) is 26.2 Å². The van der Waals surface area contributed by atoms with E-state index in [2.05, 4.69) is 5.32 Å². The van der Waals surface area contributed by atoms with Gasteiger partial charge in [0.2, 0.25) is 5.91 Å². The van der Waals surface area contributed by atoms with Crippen LogP contribution in [0, 0.1) is 5.41 Å². The van der Waals surface area contributed by atoms with Gasteiger partial charge in [-0.2, -0.15) is 0 Å². The molecule has 5 heteroatoms. The van der Waals surface area contributed by atoms with Crippen LogP contribution in [0.2, 0.25) is 0 Å². The van der Waals surface area contributed by atoms with E-state index in [4.69, 9.17) is 4.74 Å². The molecule has 3 aliphatic rings.